The van der Waals surface area contributed by atoms with Crippen LogP contribution in [0.2, 0.25) is 0 Å². The molecule has 0 heterocycles. The molecule has 1 aliphatic rings. The lowest BCUT2D eigenvalue weighted by Crippen LogP contribution is -2.40. The second kappa shape index (κ2) is 8.35. The highest BCUT2D eigenvalue weighted by Crippen LogP contribution is 2.24. The number of ether oxygens (including phenoxy) is 1. The average Bonchev–Trinajstić information content (AvgIpc) is 3.28. The number of carbonyl (C=O) groups is 1. The van der Waals surface area contributed by atoms with Gasteiger partial charge in [0, 0.05) is 31.4 Å². The predicted molar refractivity (Wildman–Crippen MR) is 95.0 cm³/mol. The van der Waals surface area contributed by atoms with Crippen LogP contribution in [-0.4, -0.2) is 42.0 Å². The molecule has 1 aromatic carbocycles. The quantitative estimate of drug-likeness (QED) is 0.586. The number of nitrogens with one attached hydrogen (secondary N) is 3. The number of anilines is 1. The average molecular weight is 335 g/mol. The van der Waals surface area contributed by atoms with Crippen LogP contribution < -0.4 is 16.0 Å². The fraction of sp³-hybridized carbons (Fsp3) is 0.611. The second-order valence-electron chi connectivity index (χ2n) is 7.29. The number of hydrogen-bond donors (Lipinski definition) is 4. The van der Waals surface area contributed by atoms with Crippen molar-refractivity contribution in [3.05, 3.63) is 29.8 Å². The van der Waals surface area contributed by atoms with Crippen molar-refractivity contribution in [3.8, 4) is 0 Å². The first-order chi connectivity index (χ1) is 11.3. The number of carbonyl (C=O) groups excluding carboxylic acids is 1. The van der Waals surface area contributed by atoms with Crippen LogP contribution in [0.15, 0.2) is 24.3 Å². The SMILES string of the molecule is CC(C)(C)OC(=O)NC[C@H](O)CNCc1cccc(NC2CC2)c1. The van der Waals surface area contributed by atoms with Crippen molar-refractivity contribution >= 4 is 11.8 Å². The van der Waals surface area contributed by atoms with E-state index in [4.69, 9.17) is 4.74 Å². The largest absolute Gasteiger partial charge is 0.444 e. The molecule has 0 radical (unpaired) electrons. The molecule has 1 aliphatic carbocycles. The first-order valence-electron chi connectivity index (χ1n) is 8.53. The van der Waals surface area contributed by atoms with Crippen LogP contribution >= 0.6 is 0 Å². The smallest absolute Gasteiger partial charge is 0.407 e. The zero-order valence-electron chi connectivity index (χ0n) is 14.8. The van der Waals surface area contributed by atoms with Gasteiger partial charge in [0.2, 0.25) is 0 Å². The topological polar surface area (TPSA) is 82.6 Å². The van der Waals surface area contributed by atoms with Crippen LogP contribution in [0, 0.1) is 0 Å². The number of amides is 1. The molecule has 1 fully saturated rings. The van der Waals surface area contributed by atoms with E-state index in [2.05, 4.69) is 34.1 Å². The van der Waals surface area contributed by atoms with Gasteiger partial charge >= 0.3 is 6.09 Å². The molecule has 1 atom stereocenters. The summed E-state index contributed by atoms with van der Waals surface area (Å²) < 4.78 is 5.12. The van der Waals surface area contributed by atoms with Crippen LogP contribution in [0.5, 0.6) is 0 Å². The van der Waals surface area contributed by atoms with Gasteiger partial charge in [-0.05, 0) is 51.3 Å². The van der Waals surface area contributed by atoms with Crippen molar-refractivity contribution in [1.82, 2.24) is 10.6 Å². The molecule has 0 aromatic heterocycles. The Bertz CT molecular complexity index is 539. The monoisotopic (exact) mass is 335 g/mol. The summed E-state index contributed by atoms with van der Waals surface area (Å²) in [6.45, 7) is 6.63. The van der Waals surface area contributed by atoms with Crippen molar-refractivity contribution in [2.24, 2.45) is 0 Å². The molecule has 134 valence electrons. The zero-order chi connectivity index (χ0) is 17.6. The Balaban J connectivity index is 1.63. The van der Waals surface area contributed by atoms with Gasteiger partial charge in [-0.25, -0.2) is 4.79 Å². The Kier molecular flexibility index (Phi) is 6.45. The maximum absolute atomic E-state index is 11.5. The van der Waals surface area contributed by atoms with Gasteiger partial charge in [-0.3, -0.25) is 0 Å². The molecule has 0 spiro atoms. The van der Waals surface area contributed by atoms with E-state index in [1.165, 1.54) is 12.8 Å². The van der Waals surface area contributed by atoms with Gasteiger partial charge < -0.3 is 25.8 Å². The molecular weight excluding hydrogens is 306 g/mol. The first-order valence-corrected chi connectivity index (χ1v) is 8.53. The van der Waals surface area contributed by atoms with Crippen molar-refractivity contribution in [3.63, 3.8) is 0 Å². The van der Waals surface area contributed by atoms with Gasteiger partial charge in [0.25, 0.3) is 0 Å². The van der Waals surface area contributed by atoms with Crippen molar-refractivity contribution in [2.75, 3.05) is 18.4 Å². The summed E-state index contributed by atoms with van der Waals surface area (Å²) >= 11 is 0. The maximum atomic E-state index is 11.5. The standard InChI is InChI=1S/C18H29N3O3/c1-18(2,3)24-17(23)20-12-16(22)11-19-10-13-5-4-6-15(9-13)21-14-7-8-14/h4-6,9,14,16,19,21-22H,7-8,10-12H2,1-3H3,(H,20,23)/t16-/m1/s1. The fourth-order valence-electron chi connectivity index (χ4n) is 2.21. The lowest BCUT2D eigenvalue weighted by molar-refractivity contribution is 0.0492. The van der Waals surface area contributed by atoms with Gasteiger partial charge in [0.1, 0.15) is 5.60 Å². The number of rotatable bonds is 8. The van der Waals surface area contributed by atoms with Crippen LogP contribution in [0.25, 0.3) is 0 Å². The third-order valence-electron chi connectivity index (χ3n) is 3.47. The van der Waals surface area contributed by atoms with Crippen LogP contribution in [-0.2, 0) is 11.3 Å². The molecule has 6 nitrogen and oxygen atoms in total. The number of alkyl carbamates (subject to hydrolysis) is 1. The molecule has 1 saturated carbocycles. The maximum Gasteiger partial charge on any atom is 0.407 e. The van der Waals surface area contributed by atoms with E-state index in [1.54, 1.807) is 20.8 Å². The summed E-state index contributed by atoms with van der Waals surface area (Å²) in [6, 6.07) is 8.91. The van der Waals surface area contributed by atoms with Crippen LogP contribution in [0.1, 0.15) is 39.2 Å². The summed E-state index contributed by atoms with van der Waals surface area (Å²) in [5.41, 5.74) is 1.77. The highest BCUT2D eigenvalue weighted by molar-refractivity contribution is 5.67. The van der Waals surface area contributed by atoms with E-state index in [-0.39, 0.29) is 6.54 Å². The zero-order valence-corrected chi connectivity index (χ0v) is 14.8. The molecule has 0 unspecified atom stereocenters. The molecule has 2 rings (SSSR count). The van der Waals surface area contributed by atoms with Crippen LogP contribution in [0.3, 0.4) is 0 Å². The van der Waals surface area contributed by atoms with E-state index >= 15 is 0 Å². The van der Waals surface area contributed by atoms with Gasteiger partial charge in [-0.2, -0.15) is 0 Å². The van der Waals surface area contributed by atoms with Crippen molar-refractivity contribution in [1.29, 1.82) is 0 Å². The van der Waals surface area contributed by atoms with E-state index in [0.717, 1.165) is 11.3 Å². The lowest BCUT2D eigenvalue weighted by Gasteiger charge is -2.20. The molecule has 6 heteroatoms. The van der Waals surface area contributed by atoms with E-state index < -0.39 is 17.8 Å². The van der Waals surface area contributed by atoms with E-state index in [0.29, 0.717) is 19.1 Å². The van der Waals surface area contributed by atoms with E-state index in [1.807, 2.05) is 6.07 Å². The number of aliphatic hydroxyl groups excluding tert-OH is 1. The minimum Gasteiger partial charge on any atom is -0.444 e. The number of aliphatic hydroxyl groups is 1. The van der Waals surface area contributed by atoms with Crippen molar-refractivity contribution in [2.45, 2.75) is 57.9 Å². The highest BCUT2D eigenvalue weighted by Gasteiger charge is 2.20. The van der Waals surface area contributed by atoms with Gasteiger partial charge in [-0.1, -0.05) is 12.1 Å². The highest BCUT2D eigenvalue weighted by atomic mass is 16.6. The minimum absolute atomic E-state index is 0.158. The first kappa shape index (κ1) is 18.5. The molecule has 24 heavy (non-hydrogen) atoms. The minimum atomic E-state index is -0.662. The third kappa shape index (κ3) is 7.66. The number of hydrogen-bond acceptors (Lipinski definition) is 5. The fourth-order valence-corrected chi connectivity index (χ4v) is 2.21. The number of benzene rings is 1. The molecule has 1 amide bonds. The Morgan fingerprint density at radius 1 is 1.33 bits per heavy atom. The molecule has 0 bridgehead atoms. The van der Waals surface area contributed by atoms with Crippen molar-refractivity contribution < 1.29 is 14.6 Å². The molecule has 4 N–H and O–H groups in total. The molecule has 1 aromatic rings. The summed E-state index contributed by atoms with van der Waals surface area (Å²) in [5, 5.41) is 19.1. The summed E-state index contributed by atoms with van der Waals surface area (Å²) in [4.78, 5) is 11.5. The predicted octanol–water partition coefficient (Wildman–Crippen LogP) is 2.24. The van der Waals surface area contributed by atoms with E-state index in [9.17, 15) is 9.90 Å². The second-order valence-corrected chi connectivity index (χ2v) is 7.29. The normalized spacial score (nSPS) is 15.7. The Labute approximate surface area is 144 Å². The van der Waals surface area contributed by atoms with Gasteiger partial charge in [0.05, 0.1) is 6.10 Å². The molecular formula is C18H29N3O3. The Morgan fingerprint density at radius 3 is 2.75 bits per heavy atom. The Morgan fingerprint density at radius 2 is 2.08 bits per heavy atom. The third-order valence-corrected chi connectivity index (χ3v) is 3.47. The van der Waals surface area contributed by atoms with Gasteiger partial charge in [-0.15, -0.1) is 0 Å². The molecule has 0 aliphatic heterocycles. The summed E-state index contributed by atoms with van der Waals surface area (Å²) in [5.74, 6) is 0. The van der Waals surface area contributed by atoms with Gasteiger partial charge in [0.15, 0.2) is 0 Å². The summed E-state index contributed by atoms with van der Waals surface area (Å²) in [7, 11) is 0. The molecule has 0 saturated heterocycles. The summed E-state index contributed by atoms with van der Waals surface area (Å²) in [6.07, 6.45) is 1.32. The Hall–Kier alpha value is -1.79. The lowest BCUT2D eigenvalue weighted by atomic mass is 10.2. The van der Waals surface area contributed by atoms with Crippen LogP contribution in [0.4, 0.5) is 10.5 Å².